The van der Waals surface area contributed by atoms with E-state index in [1.165, 1.54) is 0 Å². The number of aromatic nitrogens is 2. The molecular formula is C25H27Cl2N5O2. The molecule has 7 nitrogen and oxygen atoms in total. The summed E-state index contributed by atoms with van der Waals surface area (Å²) in [4.78, 5) is 24.3. The Balaban J connectivity index is 1.15. The molecule has 2 aliphatic rings. The first kappa shape index (κ1) is 23.1. The molecule has 1 aromatic heterocycles. The predicted molar refractivity (Wildman–Crippen MR) is 133 cm³/mol. The molecule has 2 fully saturated rings. The van der Waals surface area contributed by atoms with Gasteiger partial charge in [-0.25, -0.2) is 0 Å². The Morgan fingerprint density at radius 2 is 1.79 bits per heavy atom. The first-order valence-electron chi connectivity index (χ1n) is 11.7. The largest absolute Gasteiger partial charge is 0.368 e. The third kappa shape index (κ3) is 5.37. The Morgan fingerprint density at radius 1 is 1.00 bits per heavy atom. The van der Waals surface area contributed by atoms with Gasteiger partial charge in [0.15, 0.2) is 0 Å². The molecule has 2 saturated heterocycles. The van der Waals surface area contributed by atoms with Crippen LogP contribution in [0.4, 0.5) is 5.69 Å². The second kappa shape index (κ2) is 10.3. The number of anilines is 1. The number of hydrogen-bond donors (Lipinski definition) is 0. The summed E-state index contributed by atoms with van der Waals surface area (Å²) in [6, 6.07) is 15.3. The van der Waals surface area contributed by atoms with E-state index < -0.39 is 0 Å². The van der Waals surface area contributed by atoms with Gasteiger partial charge in [0.05, 0.1) is 12.5 Å². The van der Waals surface area contributed by atoms with E-state index in [2.05, 4.69) is 26.0 Å². The predicted octanol–water partition coefficient (Wildman–Crippen LogP) is 4.60. The summed E-state index contributed by atoms with van der Waals surface area (Å²) in [7, 11) is 0. The van der Waals surface area contributed by atoms with Crippen LogP contribution < -0.4 is 4.90 Å². The van der Waals surface area contributed by atoms with Gasteiger partial charge in [0, 0.05) is 54.0 Å². The number of hydrogen-bond acceptors (Lipinski definition) is 6. The van der Waals surface area contributed by atoms with E-state index in [9.17, 15) is 4.79 Å². The molecule has 9 heteroatoms. The van der Waals surface area contributed by atoms with E-state index >= 15 is 0 Å². The van der Waals surface area contributed by atoms with Gasteiger partial charge in [0.1, 0.15) is 0 Å². The number of carbonyl (C=O) groups excluding carboxylic acids is 1. The number of piperazine rings is 1. The zero-order valence-corrected chi connectivity index (χ0v) is 20.4. The van der Waals surface area contributed by atoms with E-state index in [-0.39, 0.29) is 11.8 Å². The van der Waals surface area contributed by atoms with Crippen molar-refractivity contribution in [2.24, 2.45) is 5.92 Å². The number of rotatable bonds is 5. The molecule has 0 aliphatic carbocycles. The van der Waals surface area contributed by atoms with Crippen LogP contribution in [0.25, 0.3) is 11.4 Å². The van der Waals surface area contributed by atoms with Crippen LogP contribution >= 0.6 is 23.2 Å². The Hall–Kier alpha value is -2.61. The maximum absolute atomic E-state index is 13.3. The van der Waals surface area contributed by atoms with E-state index in [0.717, 1.165) is 61.8 Å². The molecule has 178 valence electrons. The molecule has 1 unspecified atom stereocenters. The summed E-state index contributed by atoms with van der Waals surface area (Å²) in [5, 5.41) is 5.51. The molecule has 5 rings (SSSR count). The molecule has 0 spiro atoms. The van der Waals surface area contributed by atoms with Crippen molar-refractivity contribution in [3.8, 4) is 11.4 Å². The standard InChI is InChI=1S/C25H27Cl2N5O2/c26-20-8-6-18(7-9-20)24-28-23(34-29-24)17-30-10-2-3-19(16-30)25(33)32-13-11-31(12-14-32)22-5-1-4-21(27)15-22/h1,4-9,15,19H,2-3,10-14,16-17H2. The third-order valence-electron chi connectivity index (χ3n) is 6.55. The number of amides is 1. The van der Waals surface area contributed by atoms with E-state index in [1.54, 1.807) is 0 Å². The van der Waals surface area contributed by atoms with Crippen molar-refractivity contribution in [2.45, 2.75) is 19.4 Å². The van der Waals surface area contributed by atoms with Crippen molar-refractivity contribution in [1.29, 1.82) is 0 Å². The number of carbonyl (C=O) groups is 1. The van der Waals surface area contributed by atoms with Gasteiger partial charge in [0.25, 0.3) is 0 Å². The third-order valence-corrected chi connectivity index (χ3v) is 7.04. The minimum Gasteiger partial charge on any atom is -0.368 e. The van der Waals surface area contributed by atoms with Crippen molar-refractivity contribution in [2.75, 3.05) is 44.2 Å². The summed E-state index contributed by atoms with van der Waals surface area (Å²) in [6.07, 6.45) is 1.90. The van der Waals surface area contributed by atoms with E-state index in [1.807, 2.05) is 47.4 Å². The molecular weight excluding hydrogens is 473 g/mol. The number of benzene rings is 2. The van der Waals surface area contributed by atoms with Crippen LogP contribution in [-0.2, 0) is 11.3 Å². The second-order valence-electron chi connectivity index (χ2n) is 8.89. The summed E-state index contributed by atoms with van der Waals surface area (Å²) < 4.78 is 5.48. The lowest BCUT2D eigenvalue weighted by molar-refractivity contribution is -0.137. The molecule has 1 atom stereocenters. The van der Waals surface area contributed by atoms with E-state index in [0.29, 0.717) is 29.8 Å². The first-order chi connectivity index (χ1) is 16.5. The maximum Gasteiger partial charge on any atom is 0.241 e. The van der Waals surface area contributed by atoms with Gasteiger partial charge < -0.3 is 14.3 Å². The second-order valence-corrected chi connectivity index (χ2v) is 9.76. The van der Waals surface area contributed by atoms with Gasteiger partial charge in [0.2, 0.25) is 17.6 Å². The SMILES string of the molecule is O=C(C1CCCN(Cc2nc(-c3ccc(Cl)cc3)no2)C1)N1CCN(c2cccc(Cl)c2)CC1. The molecule has 34 heavy (non-hydrogen) atoms. The lowest BCUT2D eigenvalue weighted by atomic mass is 9.96. The Bertz CT molecular complexity index is 1130. The molecule has 1 amide bonds. The lowest BCUT2D eigenvalue weighted by Gasteiger charge is -2.39. The Kier molecular flexibility index (Phi) is 7.04. The highest BCUT2D eigenvalue weighted by atomic mass is 35.5. The fraction of sp³-hybridized carbons (Fsp3) is 0.400. The number of halogens is 2. The van der Waals surface area contributed by atoms with Crippen LogP contribution in [0.1, 0.15) is 18.7 Å². The monoisotopic (exact) mass is 499 g/mol. The van der Waals surface area contributed by atoms with Gasteiger partial charge in [-0.1, -0.05) is 34.4 Å². The summed E-state index contributed by atoms with van der Waals surface area (Å²) in [6.45, 7) is 5.28. The van der Waals surface area contributed by atoms with Crippen molar-refractivity contribution in [3.05, 3.63) is 64.5 Å². The van der Waals surface area contributed by atoms with Crippen LogP contribution in [0, 0.1) is 5.92 Å². The summed E-state index contributed by atoms with van der Waals surface area (Å²) >= 11 is 12.1. The van der Waals surface area contributed by atoms with Gasteiger partial charge in [-0.15, -0.1) is 0 Å². The number of piperidine rings is 1. The zero-order valence-electron chi connectivity index (χ0n) is 18.9. The number of nitrogens with zero attached hydrogens (tertiary/aromatic N) is 5. The first-order valence-corrected chi connectivity index (χ1v) is 12.4. The van der Waals surface area contributed by atoms with Crippen LogP contribution in [-0.4, -0.2) is 65.1 Å². The quantitative estimate of drug-likeness (QED) is 0.510. The zero-order chi connectivity index (χ0) is 23.5. The van der Waals surface area contributed by atoms with Gasteiger partial charge in [-0.2, -0.15) is 4.98 Å². The van der Waals surface area contributed by atoms with Crippen LogP contribution in [0.15, 0.2) is 53.1 Å². The lowest BCUT2D eigenvalue weighted by Crippen LogP contribution is -2.52. The molecule has 2 aliphatic heterocycles. The van der Waals surface area contributed by atoms with Crippen molar-refractivity contribution < 1.29 is 9.32 Å². The topological polar surface area (TPSA) is 65.7 Å². The fourth-order valence-electron chi connectivity index (χ4n) is 4.74. The Morgan fingerprint density at radius 3 is 2.56 bits per heavy atom. The molecule has 0 saturated carbocycles. The Labute approximate surface area is 209 Å². The van der Waals surface area contributed by atoms with Crippen LogP contribution in [0.3, 0.4) is 0 Å². The van der Waals surface area contributed by atoms with Crippen LogP contribution in [0.5, 0.6) is 0 Å². The van der Waals surface area contributed by atoms with Gasteiger partial charge >= 0.3 is 0 Å². The molecule has 2 aromatic carbocycles. The molecule has 0 bridgehead atoms. The highest BCUT2D eigenvalue weighted by Gasteiger charge is 2.31. The van der Waals surface area contributed by atoms with Crippen molar-refractivity contribution >= 4 is 34.8 Å². The summed E-state index contributed by atoms with van der Waals surface area (Å²) in [5.74, 6) is 1.37. The van der Waals surface area contributed by atoms with Crippen molar-refractivity contribution in [1.82, 2.24) is 19.9 Å². The molecule has 3 aromatic rings. The normalized spacial score (nSPS) is 19.4. The van der Waals surface area contributed by atoms with Gasteiger partial charge in [-0.05, 0) is 61.9 Å². The summed E-state index contributed by atoms with van der Waals surface area (Å²) in [5.41, 5.74) is 1.98. The fourth-order valence-corrected chi connectivity index (χ4v) is 5.05. The molecule has 3 heterocycles. The minimum atomic E-state index is 0.00475. The number of likely N-dealkylation sites (tertiary alicyclic amines) is 1. The van der Waals surface area contributed by atoms with Crippen molar-refractivity contribution in [3.63, 3.8) is 0 Å². The average Bonchev–Trinajstić information content (AvgIpc) is 3.33. The van der Waals surface area contributed by atoms with E-state index in [4.69, 9.17) is 27.7 Å². The maximum atomic E-state index is 13.3. The van der Waals surface area contributed by atoms with Crippen LogP contribution in [0.2, 0.25) is 10.0 Å². The highest BCUT2D eigenvalue weighted by Crippen LogP contribution is 2.25. The van der Waals surface area contributed by atoms with Gasteiger partial charge in [-0.3, -0.25) is 9.69 Å². The molecule has 0 N–H and O–H groups in total. The molecule has 0 radical (unpaired) electrons. The minimum absolute atomic E-state index is 0.00475. The average molecular weight is 500 g/mol. The highest BCUT2D eigenvalue weighted by molar-refractivity contribution is 6.31. The smallest absolute Gasteiger partial charge is 0.241 e.